The molecular formula is C6H12N2O2. The van der Waals surface area contributed by atoms with E-state index in [0.29, 0.717) is 19.6 Å². The van der Waals surface area contributed by atoms with E-state index in [-0.39, 0.29) is 5.91 Å². The fourth-order valence-corrected chi connectivity index (χ4v) is 1.03. The number of nitrogens with one attached hydrogen (secondary N) is 1. The van der Waals surface area contributed by atoms with E-state index in [1.54, 1.807) is 0 Å². The van der Waals surface area contributed by atoms with Gasteiger partial charge in [-0.2, -0.15) is 0 Å². The predicted octanol–water partition coefficient (Wildman–Crippen LogP) is -0.802. The average Bonchev–Trinajstić information content (AvgIpc) is 2.12. The van der Waals surface area contributed by atoms with Gasteiger partial charge in [-0.05, 0) is 0 Å². The van der Waals surface area contributed by atoms with E-state index >= 15 is 0 Å². The number of carbonyl (C=O) groups is 1. The molecule has 1 aliphatic heterocycles. The van der Waals surface area contributed by atoms with Gasteiger partial charge in [0.25, 0.3) is 0 Å². The van der Waals surface area contributed by atoms with E-state index < -0.39 is 5.66 Å². The maximum absolute atomic E-state index is 10.6. The molecule has 4 heteroatoms. The summed E-state index contributed by atoms with van der Waals surface area (Å²) in [5.74, 6) is -0.104. The molecule has 0 aliphatic carbocycles. The Hall–Kier alpha value is -0.610. The van der Waals surface area contributed by atoms with Crippen molar-refractivity contribution in [2.24, 2.45) is 5.73 Å². The van der Waals surface area contributed by atoms with Crippen molar-refractivity contribution in [2.75, 3.05) is 13.2 Å². The maximum Gasteiger partial charge on any atom is 0.218 e. The van der Waals surface area contributed by atoms with Crippen molar-refractivity contribution in [3.63, 3.8) is 0 Å². The molecule has 1 unspecified atom stereocenters. The molecule has 1 saturated heterocycles. The van der Waals surface area contributed by atoms with Gasteiger partial charge in [-0.15, -0.1) is 0 Å². The van der Waals surface area contributed by atoms with Gasteiger partial charge >= 0.3 is 0 Å². The van der Waals surface area contributed by atoms with Gasteiger partial charge in [-0.1, -0.05) is 0 Å². The van der Waals surface area contributed by atoms with Crippen molar-refractivity contribution in [2.45, 2.75) is 19.0 Å². The number of rotatable bonds is 1. The maximum atomic E-state index is 10.6. The highest BCUT2D eigenvalue weighted by Crippen LogP contribution is 2.10. The van der Waals surface area contributed by atoms with E-state index in [4.69, 9.17) is 10.5 Å². The lowest BCUT2D eigenvalue weighted by Crippen LogP contribution is -2.55. The van der Waals surface area contributed by atoms with Crippen LogP contribution in [0.15, 0.2) is 0 Å². The highest BCUT2D eigenvalue weighted by atomic mass is 16.5. The van der Waals surface area contributed by atoms with Crippen molar-refractivity contribution < 1.29 is 9.53 Å². The zero-order valence-corrected chi connectivity index (χ0v) is 6.02. The third-order valence-corrected chi connectivity index (χ3v) is 1.48. The van der Waals surface area contributed by atoms with Crippen LogP contribution >= 0.6 is 0 Å². The van der Waals surface area contributed by atoms with Crippen LogP contribution in [0.2, 0.25) is 0 Å². The fourth-order valence-electron chi connectivity index (χ4n) is 1.03. The van der Waals surface area contributed by atoms with Crippen LogP contribution in [0.3, 0.4) is 0 Å². The SMILES string of the molecule is CC(=O)NC1(N)CCOC1. The molecular weight excluding hydrogens is 132 g/mol. The average molecular weight is 144 g/mol. The Morgan fingerprint density at radius 1 is 1.80 bits per heavy atom. The summed E-state index contributed by atoms with van der Waals surface area (Å²) in [7, 11) is 0. The van der Waals surface area contributed by atoms with E-state index in [0.717, 1.165) is 0 Å². The van der Waals surface area contributed by atoms with Crippen LogP contribution in [0.5, 0.6) is 0 Å². The smallest absolute Gasteiger partial charge is 0.218 e. The van der Waals surface area contributed by atoms with Gasteiger partial charge in [0.2, 0.25) is 5.91 Å². The highest BCUT2D eigenvalue weighted by Gasteiger charge is 2.30. The molecule has 1 fully saturated rings. The van der Waals surface area contributed by atoms with Gasteiger partial charge in [0.05, 0.1) is 13.2 Å². The second-order valence-corrected chi connectivity index (χ2v) is 2.64. The molecule has 1 rings (SSSR count). The van der Waals surface area contributed by atoms with Crippen molar-refractivity contribution in [3.8, 4) is 0 Å². The lowest BCUT2D eigenvalue weighted by molar-refractivity contribution is -0.120. The molecule has 0 aromatic carbocycles. The van der Waals surface area contributed by atoms with E-state index in [9.17, 15) is 4.79 Å². The number of ether oxygens (including phenoxy) is 1. The molecule has 1 amide bonds. The van der Waals surface area contributed by atoms with Gasteiger partial charge in [-0.3, -0.25) is 4.79 Å². The summed E-state index contributed by atoms with van der Waals surface area (Å²) in [6.45, 7) is 2.51. The molecule has 58 valence electrons. The quantitative estimate of drug-likeness (QED) is 0.473. The third kappa shape index (κ3) is 1.68. The Balaban J connectivity index is 2.43. The van der Waals surface area contributed by atoms with Gasteiger partial charge in [0, 0.05) is 13.3 Å². The standard InChI is InChI=1S/C6H12N2O2/c1-5(9)8-6(7)2-3-10-4-6/h2-4,7H2,1H3,(H,8,9). The highest BCUT2D eigenvalue weighted by molar-refractivity contribution is 5.73. The molecule has 4 nitrogen and oxygen atoms in total. The van der Waals surface area contributed by atoms with Gasteiger partial charge in [0.15, 0.2) is 0 Å². The first-order valence-corrected chi connectivity index (χ1v) is 3.28. The second kappa shape index (κ2) is 2.56. The molecule has 3 N–H and O–H groups in total. The van der Waals surface area contributed by atoms with Crippen LogP contribution in [-0.2, 0) is 9.53 Å². The van der Waals surface area contributed by atoms with Gasteiger partial charge in [0.1, 0.15) is 5.66 Å². The van der Waals surface area contributed by atoms with Crippen LogP contribution in [0.4, 0.5) is 0 Å². The minimum Gasteiger partial charge on any atom is -0.377 e. The minimum atomic E-state index is -0.605. The normalized spacial score (nSPS) is 32.2. The number of hydrogen-bond acceptors (Lipinski definition) is 3. The largest absolute Gasteiger partial charge is 0.377 e. The van der Waals surface area contributed by atoms with E-state index in [2.05, 4.69) is 5.32 Å². The molecule has 0 saturated carbocycles. The molecule has 1 atom stereocenters. The first-order valence-electron chi connectivity index (χ1n) is 3.28. The third-order valence-electron chi connectivity index (χ3n) is 1.48. The molecule has 1 aliphatic rings. The van der Waals surface area contributed by atoms with E-state index in [1.165, 1.54) is 6.92 Å². The topological polar surface area (TPSA) is 64.4 Å². The lowest BCUT2D eigenvalue weighted by Gasteiger charge is -2.21. The Morgan fingerprint density at radius 2 is 2.50 bits per heavy atom. The zero-order chi connectivity index (χ0) is 7.61. The molecule has 0 radical (unpaired) electrons. The first-order chi connectivity index (χ1) is 4.62. The van der Waals surface area contributed by atoms with E-state index in [1.807, 2.05) is 0 Å². The predicted molar refractivity (Wildman–Crippen MR) is 36.2 cm³/mol. The summed E-state index contributed by atoms with van der Waals surface area (Å²) in [5.41, 5.74) is 5.10. The number of amides is 1. The summed E-state index contributed by atoms with van der Waals surface area (Å²) in [4.78, 5) is 10.6. The monoisotopic (exact) mass is 144 g/mol. The van der Waals surface area contributed by atoms with Crippen molar-refractivity contribution in [1.82, 2.24) is 5.32 Å². The summed E-state index contributed by atoms with van der Waals surface area (Å²) < 4.78 is 5.02. The van der Waals surface area contributed by atoms with Crippen LogP contribution in [0, 0.1) is 0 Å². The Labute approximate surface area is 59.7 Å². The van der Waals surface area contributed by atoms with Gasteiger partial charge in [-0.25, -0.2) is 0 Å². The molecule has 0 aromatic heterocycles. The van der Waals surface area contributed by atoms with Crippen molar-refractivity contribution >= 4 is 5.91 Å². The zero-order valence-electron chi connectivity index (χ0n) is 6.02. The lowest BCUT2D eigenvalue weighted by atomic mass is 10.1. The number of hydrogen-bond donors (Lipinski definition) is 2. The van der Waals surface area contributed by atoms with Crippen LogP contribution in [0.1, 0.15) is 13.3 Å². The number of nitrogens with two attached hydrogens (primary N) is 1. The Kier molecular flexibility index (Phi) is 1.92. The van der Waals surface area contributed by atoms with Crippen LogP contribution in [-0.4, -0.2) is 24.8 Å². The van der Waals surface area contributed by atoms with Gasteiger partial charge < -0.3 is 15.8 Å². The molecule has 0 aromatic rings. The summed E-state index contributed by atoms with van der Waals surface area (Å²) in [6.07, 6.45) is 0.701. The van der Waals surface area contributed by atoms with Crippen LogP contribution < -0.4 is 11.1 Å². The fraction of sp³-hybridized carbons (Fsp3) is 0.833. The molecule has 10 heavy (non-hydrogen) atoms. The first kappa shape index (κ1) is 7.50. The molecule has 0 bridgehead atoms. The summed E-state index contributed by atoms with van der Waals surface area (Å²) in [6, 6.07) is 0. The number of carbonyl (C=O) groups excluding carboxylic acids is 1. The summed E-state index contributed by atoms with van der Waals surface area (Å²) >= 11 is 0. The van der Waals surface area contributed by atoms with Crippen molar-refractivity contribution in [3.05, 3.63) is 0 Å². The Bertz CT molecular complexity index is 141. The summed E-state index contributed by atoms with van der Waals surface area (Å²) in [5, 5.41) is 2.63. The molecule has 0 spiro atoms. The van der Waals surface area contributed by atoms with Crippen LogP contribution in [0.25, 0.3) is 0 Å². The van der Waals surface area contributed by atoms with Crippen molar-refractivity contribution in [1.29, 1.82) is 0 Å². The second-order valence-electron chi connectivity index (χ2n) is 2.64. The Morgan fingerprint density at radius 3 is 2.90 bits per heavy atom. The minimum absolute atomic E-state index is 0.104. The molecule has 1 heterocycles.